The van der Waals surface area contributed by atoms with E-state index >= 15 is 0 Å². The molecule has 1 aliphatic rings. The average molecular weight is 542 g/mol. The van der Waals surface area contributed by atoms with Gasteiger partial charge in [0.15, 0.2) is 0 Å². The monoisotopic (exact) mass is 542 g/mol. The van der Waals surface area contributed by atoms with Crippen molar-refractivity contribution in [3.05, 3.63) is 74.8 Å². The minimum atomic E-state index is 0.0478. The zero-order valence-electron chi connectivity index (χ0n) is 17.3. The Morgan fingerprint density at radius 1 is 1.13 bits per heavy atom. The van der Waals surface area contributed by atoms with E-state index < -0.39 is 0 Å². The molecule has 158 valence electrons. The molecule has 1 saturated heterocycles. The van der Waals surface area contributed by atoms with Crippen molar-refractivity contribution in [2.24, 2.45) is 0 Å². The van der Waals surface area contributed by atoms with Crippen molar-refractivity contribution in [2.45, 2.75) is 38.6 Å². The molecule has 31 heavy (non-hydrogen) atoms. The maximum atomic E-state index is 13.7. The third-order valence-electron chi connectivity index (χ3n) is 5.83. The van der Waals surface area contributed by atoms with E-state index in [-0.39, 0.29) is 11.9 Å². The Labute approximate surface area is 199 Å². The van der Waals surface area contributed by atoms with E-state index in [1.807, 2.05) is 54.4 Å². The van der Waals surface area contributed by atoms with Crippen molar-refractivity contribution in [3.8, 4) is 10.4 Å². The lowest BCUT2D eigenvalue weighted by atomic mass is 9.97. The Bertz CT molecular complexity index is 1230. The summed E-state index contributed by atoms with van der Waals surface area (Å²) in [6.45, 7) is 2.75. The zero-order valence-corrected chi connectivity index (χ0v) is 20.3. The fraction of sp³-hybridized carbons (Fsp3) is 0.292. The third kappa shape index (κ3) is 4.01. The first-order chi connectivity index (χ1) is 15.1. The van der Waals surface area contributed by atoms with Crippen LogP contribution in [0.25, 0.3) is 16.1 Å². The Balaban J connectivity index is 1.46. The first-order valence-corrected chi connectivity index (χ1v) is 12.5. The van der Waals surface area contributed by atoms with Gasteiger partial charge in [0.25, 0.3) is 5.91 Å². The van der Waals surface area contributed by atoms with Crippen LogP contribution in [0, 0.1) is 10.6 Å². The van der Waals surface area contributed by atoms with Gasteiger partial charge in [-0.3, -0.25) is 9.20 Å². The second kappa shape index (κ2) is 8.70. The Morgan fingerprint density at radius 3 is 2.74 bits per heavy atom. The maximum Gasteiger partial charge on any atom is 0.274 e. The number of hydrogen-bond donors (Lipinski definition) is 0. The van der Waals surface area contributed by atoms with Crippen LogP contribution in [-0.2, 0) is 6.42 Å². The SMILES string of the molecule is Cc1nc(C(=O)N2CCCC[C@H]2Cc2nc3ccccn3c2I)c(-c2ccccc2)s1. The molecular weight excluding hydrogens is 519 g/mol. The number of fused-ring (bicyclic) bond motifs is 1. The fourth-order valence-electron chi connectivity index (χ4n) is 4.34. The van der Waals surface area contributed by atoms with Gasteiger partial charge in [0.05, 0.1) is 15.6 Å². The number of pyridine rings is 1. The number of carbonyl (C=O) groups excluding carboxylic acids is 1. The molecule has 1 atom stereocenters. The van der Waals surface area contributed by atoms with Gasteiger partial charge in [0.1, 0.15) is 15.0 Å². The number of piperidine rings is 1. The van der Waals surface area contributed by atoms with Crippen molar-refractivity contribution in [3.63, 3.8) is 0 Å². The second-order valence-electron chi connectivity index (χ2n) is 7.91. The molecule has 7 heteroatoms. The summed E-state index contributed by atoms with van der Waals surface area (Å²) in [5, 5.41) is 0.922. The van der Waals surface area contributed by atoms with Crippen LogP contribution in [-0.4, -0.2) is 37.8 Å². The van der Waals surface area contributed by atoms with Gasteiger partial charge < -0.3 is 4.90 Å². The number of amides is 1. The molecule has 1 aliphatic heterocycles. The molecule has 4 heterocycles. The molecule has 1 fully saturated rings. The minimum Gasteiger partial charge on any atom is -0.334 e. The van der Waals surface area contributed by atoms with Crippen molar-refractivity contribution in [1.29, 1.82) is 0 Å². The molecule has 5 rings (SSSR count). The molecule has 0 spiro atoms. The number of nitrogens with zero attached hydrogens (tertiary/aromatic N) is 4. The normalized spacial score (nSPS) is 16.7. The number of carbonyl (C=O) groups is 1. The van der Waals surface area contributed by atoms with E-state index in [0.29, 0.717) is 5.69 Å². The summed E-state index contributed by atoms with van der Waals surface area (Å²) in [5.74, 6) is 0.0478. The zero-order chi connectivity index (χ0) is 21.4. The number of hydrogen-bond acceptors (Lipinski definition) is 4. The van der Waals surface area contributed by atoms with Gasteiger partial charge in [-0.2, -0.15) is 0 Å². The molecule has 3 aromatic heterocycles. The lowest BCUT2D eigenvalue weighted by Gasteiger charge is -2.35. The van der Waals surface area contributed by atoms with Crippen LogP contribution in [0.3, 0.4) is 0 Å². The predicted molar refractivity (Wildman–Crippen MR) is 133 cm³/mol. The smallest absolute Gasteiger partial charge is 0.274 e. The second-order valence-corrected chi connectivity index (χ2v) is 10.1. The minimum absolute atomic E-state index is 0.0478. The number of aromatic nitrogens is 3. The summed E-state index contributed by atoms with van der Waals surface area (Å²) < 4.78 is 3.24. The molecule has 0 aliphatic carbocycles. The van der Waals surface area contributed by atoms with Gasteiger partial charge in [-0.05, 0) is 66.5 Å². The van der Waals surface area contributed by atoms with Crippen LogP contribution in [0.4, 0.5) is 0 Å². The number of likely N-dealkylation sites (tertiary alicyclic amines) is 1. The van der Waals surface area contributed by atoms with Gasteiger partial charge in [-0.25, -0.2) is 9.97 Å². The largest absolute Gasteiger partial charge is 0.334 e. The van der Waals surface area contributed by atoms with Gasteiger partial charge in [-0.15, -0.1) is 11.3 Å². The van der Waals surface area contributed by atoms with Crippen molar-refractivity contribution >= 4 is 45.5 Å². The number of rotatable bonds is 4. The van der Waals surface area contributed by atoms with Gasteiger partial charge in [-0.1, -0.05) is 36.4 Å². The third-order valence-corrected chi connectivity index (χ3v) is 7.99. The molecule has 1 amide bonds. The lowest BCUT2D eigenvalue weighted by molar-refractivity contribution is 0.0607. The van der Waals surface area contributed by atoms with E-state index in [2.05, 4.69) is 44.1 Å². The molecule has 0 saturated carbocycles. The molecule has 0 N–H and O–H groups in total. The average Bonchev–Trinajstić information content (AvgIpc) is 3.34. The summed E-state index contributed by atoms with van der Waals surface area (Å²) in [4.78, 5) is 26.2. The fourth-order valence-corrected chi connectivity index (χ4v) is 6.01. The maximum absolute atomic E-state index is 13.7. The van der Waals surface area contributed by atoms with Crippen LogP contribution < -0.4 is 0 Å². The van der Waals surface area contributed by atoms with Crippen LogP contribution in [0.1, 0.15) is 40.5 Å². The Morgan fingerprint density at radius 2 is 1.94 bits per heavy atom. The van der Waals surface area contributed by atoms with Gasteiger partial charge in [0.2, 0.25) is 0 Å². The summed E-state index contributed by atoms with van der Waals surface area (Å²) in [6, 6.07) is 16.3. The molecular formula is C24H23IN4OS. The summed E-state index contributed by atoms with van der Waals surface area (Å²) in [6.07, 6.45) is 5.99. The molecule has 0 bridgehead atoms. The number of imidazole rings is 1. The molecule has 5 nitrogen and oxygen atoms in total. The summed E-state index contributed by atoms with van der Waals surface area (Å²) in [7, 11) is 0. The highest BCUT2D eigenvalue weighted by molar-refractivity contribution is 14.1. The first kappa shape index (κ1) is 20.6. The lowest BCUT2D eigenvalue weighted by Crippen LogP contribution is -2.45. The van der Waals surface area contributed by atoms with E-state index in [9.17, 15) is 4.79 Å². The number of halogens is 1. The Hall–Kier alpha value is -2.26. The summed E-state index contributed by atoms with van der Waals surface area (Å²) >= 11 is 3.96. The van der Waals surface area contributed by atoms with Crippen LogP contribution in [0.2, 0.25) is 0 Å². The van der Waals surface area contributed by atoms with Crippen LogP contribution in [0.15, 0.2) is 54.7 Å². The number of aryl methyl sites for hydroxylation is 1. The first-order valence-electron chi connectivity index (χ1n) is 10.6. The quantitative estimate of drug-likeness (QED) is 0.315. The standard InChI is InChI=1S/C24H23IN4OS/c1-16-26-21(22(31-16)17-9-3-2-4-10-17)24(30)28-13-7-5-11-18(28)15-19-23(25)29-14-8-6-12-20(29)27-19/h2-4,6,8-10,12,14,18H,5,7,11,13,15H2,1H3/t18-/m0/s1. The van der Waals surface area contributed by atoms with E-state index in [0.717, 1.165) is 62.7 Å². The molecule has 0 unspecified atom stereocenters. The Kier molecular flexibility index (Phi) is 5.79. The van der Waals surface area contributed by atoms with Gasteiger partial charge >= 0.3 is 0 Å². The van der Waals surface area contributed by atoms with Crippen LogP contribution in [0.5, 0.6) is 0 Å². The van der Waals surface area contributed by atoms with Crippen molar-refractivity contribution in [1.82, 2.24) is 19.3 Å². The molecule has 1 aromatic carbocycles. The van der Waals surface area contributed by atoms with E-state index in [1.165, 1.54) is 0 Å². The van der Waals surface area contributed by atoms with Crippen LogP contribution >= 0.6 is 33.9 Å². The highest BCUT2D eigenvalue weighted by atomic mass is 127. The van der Waals surface area contributed by atoms with Crippen molar-refractivity contribution in [2.75, 3.05) is 6.54 Å². The number of thiazole rings is 1. The summed E-state index contributed by atoms with van der Waals surface area (Å²) in [5.41, 5.74) is 3.66. The molecule has 4 aromatic rings. The van der Waals surface area contributed by atoms with E-state index in [1.54, 1.807) is 11.3 Å². The molecule has 0 radical (unpaired) electrons. The van der Waals surface area contributed by atoms with Crippen molar-refractivity contribution < 1.29 is 4.79 Å². The van der Waals surface area contributed by atoms with E-state index in [4.69, 9.17) is 4.98 Å². The predicted octanol–water partition coefficient (Wildman–Crippen LogP) is 5.61. The highest BCUT2D eigenvalue weighted by Crippen LogP contribution is 2.33. The highest BCUT2D eigenvalue weighted by Gasteiger charge is 2.32. The topological polar surface area (TPSA) is 50.5 Å². The van der Waals surface area contributed by atoms with Gasteiger partial charge in [0, 0.05) is 25.2 Å². The number of benzene rings is 1.